The first-order valence-electron chi connectivity index (χ1n) is 35.3. The van der Waals surface area contributed by atoms with Crippen molar-refractivity contribution in [2.24, 2.45) is 0 Å². The summed E-state index contributed by atoms with van der Waals surface area (Å²) in [6.07, 6.45) is 88.4. The average Bonchev–Trinajstić information content (AvgIpc) is 3.46. The molecule has 0 radical (unpaired) electrons. The lowest BCUT2D eigenvalue weighted by molar-refractivity contribution is -0.167. The minimum absolute atomic E-state index is 0.0764. The van der Waals surface area contributed by atoms with Gasteiger partial charge in [0.2, 0.25) is 0 Å². The summed E-state index contributed by atoms with van der Waals surface area (Å²) in [5.41, 5.74) is 0. The van der Waals surface area contributed by atoms with Gasteiger partial charge in [0.1, 0.15) is 13.2 Å². The quantitative estimate of drug-likeness (QED) is 0.0261. The van der Waals surface area contributed by atoms with Crippen molar-refractivity contribution < 1.29 is 28.6 Å². The van der Waals surface area contributed by atoms with Gasteiger partial charge in [-0.1, -0.05) is 313 Å². The molecule has 1 unspecified atom stereocenters. The van der Waals surface area contributed by atoms with Gasteiger partial charge in [0.15, 0.2) is 6.10 Å². The van der Waals surface area contributed by atoms with Gasteiger partial charge in [-0.3, -0.25) is 14.4 Å². The average molecular weight is 1120 g/mol. The summed E-state index contributed by atoms with van der Waals surface area (Å²) in [7, 11) is 0. The third-order valence-corrected chi connectivity index (χ3v) is 15.7. The van der Waals surface area contributed by atoms with Crippen LogP contribution in [-0.4, -0.2) is 37.2 Å². The van der Waals surface area contributed by atoms with E-state index >= 15 is 0 Å². The van der Waals surface area contributed by atoms with Gasteiger partial charge in [-0.25, -0.2) is 0 Å². The highest BCUT2D eigenvalue weighted by molar-refractivity contribution is 5.71. The van der Waals surface area contributed by atoms with Crippen LogP contribution in [0.5, 0.6) is 0 Å². The number of hydrogen-bond donors (Lipinski definition) is 0. The number of esters is 3. The van der Waals surface area contributed by atoms with E-state index in [1.165, 1.54) is 250 Å². The van der Waals surface area contributed by atoms with Crippen LogP contribution >= 0.6 is 0 Å². The molecule has 0 saturated heterocycles. The topological polar surface area (TPSA) is 78.9 Å². The Hall–Kier alpha value is -2.89. The van der Waals surface area contributed by atoms with Crippen LogP contribution in [0, 0.1) is 0 Å². The number of carbonyl (C=O) groups is 3. The predicted molar refractivity (Wildman–Crippen MR) is 348 cm³/mol. The third kappa shape index (κ3) is 65.9. The van der Waals surface area contributed by atoms with Crippen molar-refractivity contribution >= 4 is 17.9 Å². The lowest BCUT2D eigenvalue weighted by atomic mass is 10.0. The maximum atomic E-state index is 12.9. The zero-order valence-corrected chi connectivity index (χ0v) is 53.6. The van der Waals surface area contributed by atoms with Crippen LogP contribution < -0.4 is 0 Å². The van der Waals surface area contributed by atoms with Crippen molar-refractivity contribution in [1.82, 2.24) is 0 Å². The fourth-order valence-corrected chi connectivity index (χ4v) is 10.4. The van der Waals surface area contributed by atoms with Gasteiger partial charge in [-0.15, -0.1) is 0 Å². The normalized spacial score (nSPS) is 12.4. The highest BCUT2D eigenvalue weighted by atomic mass is 16.6. The highest BCUT2D eigenvalue weighted by Gasteiger charge is 2.19. The Morgan fingerprint density at radius 1 is 0.250 bits per heavy atom. The number of ether oxygens (including phenoxy) is 3. The molecule has 0 aromatic heterocycles. The molecule has 0 fully saturated rings. The van der Waals surface area contributed by atoms with E-state index in [0.717, 1.165) is 83.5 Å². The summed E-state index contributed by atoms with van der Waals surface area (Å²) >= 11 is 0. The molecule has 0 aliphatic heterocycles. The molecule has 0 heterocycles. The lowest BCUT2D eigenvalue weighted by Gasteiger charge is -2.18. The van der Waals surface area contributed by atoms with Gasteiger partial charge in [-0.05, 0) is 103 Å². The van der Waals surface area contributed by atoms with E-state index in [2.05, 4.69) is 81.5 Å². The van der Waals surface area contributed by atoms with E-state index in [4.69, 9.17) is 14.2 Å². The number of hydrogen-bond acceptors (Lipinski definition) is 6. The summed E-state index contributed by atoms with van der Waals surface area (Å²) in [5.74, 6) is -0.875. The van der Waals surface area contributed by atoms with E-state index in [0.29, 0.717) is 19.3 Å². The van der Waals surface area contributed by atoms with E-state index in [1.807, 2.05) is 0 Å². The van der Waals surface area contributed by atoms with Crippen LogP contribution in [0.1, 0.15) is 374 Å². The first-order valence-corrected chi connectivity index (χ1v) is 35.3. The highest BCUT2D eigenvalue weighted by Crippen LogP contribution is 2.18. The molecular formula is C74H134O6. The fourth-order valence-electron chi connectivity index (χ4n) is 10.4. The molecule has 0 saturated carbocycles. The maximum Gasteiger partial charge on any atom is 0.306 e. The first kappa shape index (κ1) is 77.1. The SMILES string of the molecule is CCCC/C=C\CCCCCCCC(=O)OCC(COC(=O)CCCCCCCCCCCCCCCCCCCCCCC/C=C\C/C=C\CCCCCCC)OC(=O)CCCCCCCCC/C=C\C/C=C\CCCCCC. The summed E-state index contributed by atoms with van der Waals surface area (Å²) < 4.78 is 16.9. The molecule has 0 aliphatic carbocycles. The van der Waals surface area contributed by atoms with Crippen LogP contribution in [0.2, 0.25) is 0 Å². The Morgan fingerprint density at radius 2 is 0.463 bits per heavy atom. The van der Waals surface area contributed by atoms with Gasteiger partial charge in [-0.2, -0.15) is 0 Å². The van der Waals surface area contributed by atoms with Crippen molar-refractivity contribution in [1.29, 1.82) is 0 Å². The van der Waals surface area contributed by atoms with Gasteiger partial charge in [0, 0.05) is 19.3 Å². The summed E-state index contributed by atoms with van der Waals surface area (Å²) in [6.45, 7) is 6.61. The minimum atomic E-state index is -0.780. The van der Waals surface area contributed by atoms with Crippen LogP contribution in [-0.2, 0) is 28.6 Å². The molecule has 0 rings (SSSR count). The number of rotatable bonds is 65. The maximum absolute atomic E-state index is 12.9. The smallest absolute Gasteiger partial charge is 0.306 e. The van der Waals surface area contributed by atoms with Crippen molar-refractivity contribution in [3.05, 3.63) is 60.8 Å². The minimum Gasteiger partial charge on any atom is -0.462 e. The molecule has 466 valence electrons. The lowest BCUT2D eigenvalue weighted by Crippen LogP contribution is -2.30. The standard InChI is InChI=1S/C74H134O6/c1-4-7-10-13-16-19-22-24-26-28-30-31-32-33-34-35-36-37-38-39-40-41-42-43-44-46-47-49-52-55-58-61-64-67-73(76)79-70-71(69-78-72(75)66-63-60-57-54-51-21-18-15-12-9-6-3)80-74(77)68-65-62-59-56-53-50-48-45-29-27-25-23-20-17-14-11-8-5-2/h15,18,20,22-24,27-30,71H,4-14,16-17,19,21,25-26,31-70H2,1-3H3/b18-15-,23-20-,24-22-,29-27-,30-28-. The van der Waals surface area contributed by atoms with Gasteiger partial charge in [0.05, 0.1) is 0 Å². The second kappa shape index (κ2) is 68.6. The summed E-state index contributed by atoms with van der Waals surface area (Å²) in [6, 6.07) is 0. The van der Waals surface area contributed by atoms with E-state index in [-0.39, 0.29) is 31.1 Å². The van der Waals surface area contributed by atoms with Crippen LogP contribution in [0.25, 0.3) is 0 Å². The number of carbonyl (C=O) groups excluding carboxylic acids is 3. The summed E-state index contributed by atoms with van der Waals surface area (Å²) in [5, 5.41) is 0. The second-order valence-electron chi connectivity index (χ2n) is 23.8. The predicted octanol–water partition coefficient (Wildman–Crippen LogP) is 24.3. The summed E-state index contributed by atoms with van der Waals surface area (Å²) in [4.78, 5) is 38.3. The van der Waals surface area contributed by atoms with Gasteiger partial charge in [0.25, 0.3) is 0 Å². The zero-order chi connectivity index (χ0) is 57.8. The monoisotopic (exact) mass is 1120 g/mol. The fraction of sp³-hybridized carbons (Fsp3) is 0.824. The van der Waals surface area contributed by atoms with Crippen molar-refractivity contribution in [3.63, 3.8) is 0 Å². The Kier molecular flexibility index (Phi) is 66.1. The number of allylic oxidation sites excluding steroid dienone is 10. The Bertz CT molecular complexity index is 1430. The van der Waals surface area contributed by atoms with Crippen LogP contribution in [0.15, 0.2) is 60.8 Å². The largest absolute Gasteiger partial charge is 0.462 e. The third-order valence-electron chi connectivity index (χ3n) is 15.7. The molecule has 0 bridgehead atoms. The van der Waals surface area contributed by atoms with E-state index in [9.17, 15) is 14.4 Å². The first-order chi connectivity index (χ1) is 39.5. The molecule has 0 spiro atoms. The Morgan fingerprint density at radius 3 is 0.750 bits per heavy atom. The molecule has 1 atom stereocenters. The molecule has 0 aliphatic rings. The van der Waals surface area contributed by atoms with Crippen molar-refractivity contribution in [2.45, 2.75) is 380 Å². The Balaban J connectivity index is 4.10. The molecule has 6 nitrogen and oxygen atoms in total. The molecule has 0 amide bonds. The molecule has 0 aromatic carbocycles. The molecule has 80 heavy (non-hydrogen) atoms. The second-order valence-corrected chi connectivity index (χ2v) is 23.8. The zero-order valence-electron chi connectivity index (χ0n) is 53.6. The van der Waals surface area contributed by atoms with E-state index in [1.54, 1.807) is 0 Å². The molecular weight excluding hydrogens is 985 g/mol. The molecule has 0 aromatic rings. The Labute approximate surface area is 498 Å². The van der Waals surface area contributed by atoms with Gasteiger partial charge >= 0.3 is 17.9 Å². The van der Waals surface area contributed by atoms with Crippen LogP contribution in [0.3, 0.4) is 0 Å². The van der Waals surface area contributed by atoms with Crippen molar-refractivity contribution in [3.8, 4) is 0 Å². The molecule has 0 N–H and O–H groups in total. The van der Waals surface area contributed by atoms with Crippen LogP contribution in [0.4, 0.5) is 0 Å². The van der Waals surface area contributed by atoms with Gasteiger partial charge < -0.3 is 14.2 Å². The number of unbranched alkanes of at least 4 members (excludes halogenated alkanes) is 44. The van der Waals surface area contributed by atoms with E-state index < -0.39 is 6.10 Å². The van der Waals surface area contributed by atoms with Crippen molar-refractivity contribution in [2.75, 3.05) is 13.2 Å². The molecule has 6 heteroatoms.